The van der Waals surface area contributed by atoms with E-state index in [0.717, 1.165) is 6.54 Å². The molecule has 0 spiro atoms. The standard InChI is InChI=1S/C9H12NPS/c1-2-10-7-5-3-4-6-8(7)12-9(10)11/h3-6,9H,2,11H2,1H3. The van der Waals surface area contributed by atoms with Crippen LogP contribution in [-0.4, -0.2) is 11.7 Å². The van der Waals surface area contributed by atoms with Crippen molar-refractivity contribution < 1.29 is 0 Å². The molecule has 0 amide bonds. The number of anilines is 1. The second-order valence-corrected chi connectivity index (χ2v) is 5.04. The molecule has 0 fully saturated rings. The first-order valence-corrected chi connectivity index (χ1v) is 5.65. The van der Waals surface area contributed by atoms with E-state index >= 15 is 0 Å². The number of hydrogen-bond acceptors (Lipinski definition) is 2. The molecule has 0 saturated carbocycles. The molecular formula is C9H12NPS. The van der Waals surface area contributed by atoms with Crippen LogP contribution in [0.3, 0.4) is 0 Å². The molecule has 1 heterocycles. The van der Waals surface area contributed by atoms with Crippen LogP contribution in [0.25, 0.3) is 0 Å². The third kappa shape index (κ3) is 1.23. The normalized spacial score (nSPS) is 21.2. The van der Waals surface area contributed by atoms with Crippen LogP contribution in [0.5, 0.6) is 0 Å². The molecule has 2 atom stereocenters. The highest BCUT2D eigenvalue weighted by atomic mass is 32.2. The van der Waals surface area contributed by atoms with Gasteiger partial charge in [0, 0.05) is 11.4 Å². The Kier molecular flexibility index (Phi) is 2.29. The van der Waals surface area contributed by atoms with Crippen LogP contribution in [0.15, 0.2) is 29.2 Å². The molecule has 1 nitrogen and oxygen atoms in total. The zero-order chi connectivity index (χ0) is 8.55. The Labute approximate surface area is 79.7 Å². The smallest absolute Gasteiger partial charge is 0.0932 e. The predicted octanol–water partition coefficient (Wildman–Crippen LogP) is 2.78. The van der Waals surface area contributed by atoms with Crippen molar-refractivity contribution in [3.05, 3.63) is 24.3 Å². The highest BCUT2D eigenvalue weighted by Gasteiger charge is 2.24. The summed E-state index contributed by atoms with van der Waals surface area (Å²) in [6.07, 6.45) is 0. The maximum atomic E-state index is 2.87. The van der Waals surface area contributed by atoms with Gasteiger partial charge < -0.3 is 4.90 Å². The topological polar surface area (TPSA) is 3.24 Å². The Bertz CT molecular complexity index is 290. The second kappa shape index (κ2) is 3.27. The van der Waals surface area contributed by atoms with Crippen LogP contribution in [0.1, 0.15) is 6.92 Å². The van der Waals surface area contributed by atoms with Crippen molar-refractivity contribution in [1.82, 2.24) is 0 Å². The Hall–Kier alpha value is -0.200. The molecule has 3 heteroatoms. The van der Waals surface area contributed by atoms with Gasteiger partial charge in [-0.1, -0.05) is 23.9 Å². The molecule has 1 aliphatic rings. The summed E-state index contributed by atoms with van der Waals surface area (Å²) in [6.45, 7) is 3.28. The fourth-order valence-electron chi connectivity index (χ4n) is 1.48. The van der Waals surface area contributed by atoms with Gasteiger partial charge in [-0.15, -0.1) is 9.24 Å². The minimum absolute atomic E-state index is 0.521. The third-order valence-corrected chi connectivity index (χ3v) is 3.93. The van der Waals surface area contributed by atoms with Gasteiger partial charge in [-0.2, -0.15) is 0 Å². The maximum absolute atomic E-state index is 2.87. The van der Waals surface area contributed by atoms with Crippen LogP contribution in [0.4, 0.5) is 5.69 Å². The minimum Gasteiger partial charge on any atom is -0.355 e. The van der Waals surface area contributed by atoms with Crippen molar-refractivity contribution in [3.8, 4) is 0 Å². The lowest BCUT2D eigenvalue weighted by Crippen LogP contribution is -2.23. The molecule has 64 valence electrons. The fraction of sp³-hybridized carbons (Fsp3) is 0.333. The van der Waals surface area contributed by atoms with Crippen LogP contribution in [0, 0.1) is 0 Å². The lowest BCUT2D eigenvalue weighted by atomic mass is 10.3. The largest absolute Gasteiger partial charge is 0.355 e. The molecule has 2 unspecified atom stereocenters. The number of benzene rings is 1. The van der Waals surface area contributed by atoms with Crippen molar-refractivity contribution in [2.45, 2.75) is 16.9 Å². The van der Waals surface area contributed by atoms with E-state index in [-0.39, 0.29) is 0 Å². The van der Waals surface area contributed by atoms with Gasteiger partial charge in [0.2, 0.25) is 0 Å². The van der Waals surface area contributed by atoms with Gasteiger partial charge in [0.15, 0.2) is 0 Å². The average Bonchev–Trinajstić information content (AvgIpc) is 2.40. The molecule has 1 aromatic rings. The van der Waals surface area contributed by atoms with E-state index in [4.69, 9.17) is 0 Å². The quantitative estimate of drug-likeness (QED) is 0.637. The van der Waals surface area contributed by atoms with Gasteiger partial charge in [0.05, 0.1) is 10.8 Å². The molecule has 0 aliphatic carbocycles. The number of fused-ring (bicyclic) bond motifs is 1. The van der Waals surface area contributed by atoms with Crippen molar-refractivity contribution in [2.24, 2.45) is 0 Å². The van der Waals surface area contributed by atoms with Crippen LogP contribution in [-0.2, 0) is 0 Å². The van der Waals surface area contributed by atoms with Crippen molar-refractivity contribution in [3.63, 3.8) is 0 Å². The van der Waals surface area contributed by atoms with Crippen molar-refractivity contribution >= 4 is 26.7 Å². The molecule has 12 heavy (non-hydrogen) atoms. The van der Waals surface area contributed by atoms with Gasteiger partial charge in [-0.25, -0.2) is 0 Å². The van der Waals surface area contributed by atoms with E-state index in [1.54, 1.807) is 0 Å². The first kappa shape index (κ1) is 8.40. The minimum atomic E-state index is 0.521. The predicted molar refractivity (Wildman–Crippen MR) is 58.8 cm³/mol. The average molecular weight is 197 g/mol. The van der Waals surface area contributed by atoms with Crippen LogP contribution < -0.4 is 4.90 Å². The van der Waals surface area contributed by atoms with E-state index in [1.165, 1.54) is 10.6 Å². The SMILES string of the molecule is CCN1c2ccccc2SC1P. The molecule has 2 rings (SSSR count). The van der Waals surface area contributed by atoms with E-state index in [9.17, 15) is 0 Å². The molecule has 0 bridgehead atoms. The molecule has 0 saturated heterocycles. The molecule has 0 radical (unpaired) electrons. The summed E-state index contributed by atoms with van der Waals surface area (Å²) in [4.78, 5) is 3.80. The first-order valence-electron chi connectivity index (χ1n) is 4.11. The molecular weight excluding hydrogens is 185 g/mol. The lowest BCUT2D eigenvalue weighted by molar-refractivity contribution is 0.924. The van der Waals surface area contributed by atoms with Gasteiger partial charge in [0.25, 0.3) is 0 Å². The molecule has 1 aliphatic heterocycles. The number of nitrogens with zero attached hydrogens (tertiary/aromatic N) is 1. The first-order chi connectivity index (χ1) is 5.83. The highest BCUT2D eigenvalue weighted by Crippen LogP contribution is 2.45. The summed E-state index contributed by atoms with van der Waals surface area (Å²) in [5.41, 5.74) is 1.38. The van der Waals surface area contributed by atoms with Gasteiger partial charge in [-0.05, 0) is 19.1 Å². The third-order valence-electron chi connectivity index (χ3n) is 2.07. The van der Waals surface area contributed by atoms with Crippen molar-refractivity contribution in [1.29, 1.82) is 0 Å². The second-order valence-electron chi connectivity index (χ2n) is 2.76. The number of thioether (sulfide) groups is 1. The van der Waals surface area contributed by atoms with E-state index in [1.807, 2.05) is 11.8 Å². The number of para-hydroxylation sites is 1. The lowest BCUT2D eigenvalue weighted by Gasteiger charge is -2.20. The number of rotatable bonds is 1. The molecule has 0 N–H and O–H groups in total. The Morgan fingerprint density at radius 3 is 3.00 bits per heavy atom. The van der Waals surface area contributed by atoms with E-state index in [2.05, 4.69) is 45.3 Å². The monoisotopic (exact) mass is 197 g/mol. The summed E-state index contributed by atoms with van der Waals surface area (Å²) in [7, 11) is 2.87. The molecule has 1 aromatic carbocycles. The Morgan fingerprint density at radius 1 is 1.50 bits per heavy atom. The van der Waals surface area contributed by atoms with E-state index in [0.29, 0.717) is 5.11 Å². The fourth-order valence-corrected chi connectivity index (χ4v) is 3.40. The van der Waals surface area contributed by atoms with Gasteiger partial charge in [-0.3, -0.25) is 0 Å². The Morgan fingerprint density at radius 2 is 2.25 bits per heavy atom. The summed E-state index contributed by atoms with van der Waals surface area (Å²) in [6, 6.07) is 8.58. The summed E-state index contributed by atoms with van der Waals surface area (Å²) >= 11 is 1.91. The molecule has 0 aromatic heterocycles. The van der Waals surface area contributed by atoms with E-state index < -0.39 is 0 Å². The summed E-state index contributed by atoms with van der Waals surface area (Å²) < 4.78 is 0. The van der Waals surface area contributed by atoms with Crippen LogP contribution in [0.2, 0.25) is 0 Å². The van der Waals surface area contributed by atoms with Crippen molar-refractivity contribution in [2.75, 3.05) is 11.4 Å². The maximum Gasteiger partial charge on any atom is 0.0932 e. The zero-order valence-electron chi connectivity index (χ0n) is 7.03. The van der Waals surface area contributed by atoms with Crippen LogP contribution >= 0.6 is 21.0 Å². The Balaban J connectivity index is 2.40. The van der Waals surface area contributed by atoms with Gasteiger partial charge >= 0.3 is 0 Å². The summed E-state index contributed by atoms with van der Waals surface area (Å²) in [5, 5.41) is 0.521. The number of hydrogen-bond donors (Lipinski definition) is 0. The zero-order valence-corrected chi connectivity index (χ0v) is 9.00. The van der Waals surface area contributed by atoms with Gasteiger partial charge in [0.1, 0.15) is 0 Å². The summed E-state index contributed by atoms with van der Waals surface area (Å²) in [5.74, 6) is 0. The highest BCUT2D eigenvalue weighted by molar-refractivity contribution is 8.03.